The van der Waals surface area contributed by atoms with Crippen molar-refractivity contribution in [3.8, 4) is 0 Å². The van der Waals surface area contributed by atoms with Crippen LogP contribution in [0.1, 0.15) is 26.3 Å². The number of piperazine rings is 1. The summed E-state index contributed by atoms with van der Waals surface area (Å²) in [6, 6.07) is 11.4. The summed E-state index contributed by atoms with van der Waals surface area (Å²) in [6.45, 7) is 6.36. The smallest absolute Gasteiger partial charge is 0.207 e. The monoisotopic (exact) mass is 440 g/mol. The fraction of sp³-hybridized carbons (Fsp3) is 0.400. The maximum absolute atomic E-state index is 13.1. The summed E-state index contributed by atoms with van der Waals surface area (Å²) >= 11 is 0. The maximum atomic E-state index is 13.1. The summed E-state index contributed by atoms with van der Waals surface area (Å²) in [6.07, 6.45) is 0. The molecular formula is C20H25FN2O4S2. The number of rotatable bonds is 4. The molecule has 0 amide bonds. The zero-order valence-corrected chi connectivity index (χ0v) is 18.3. The van der Waals surface area contributed by atoms with Crippen LogP contribution in [0.3, 0.4) is 0 Å². The highest BCUT2D eigenvalue weighted by molar-refractivity contribution is 7.89. The predicted octanol–water partition coefficient (Wildman–Crippen LogP) is 2.82. The average molecular weight is 441 g/mol. The van der Waals surface area contributed by atoms with Crippen molar-refractivity contribution in [2.75, 3.05) is 26.2 Å². The molecule has 0 aromatic heterocycles. The van der Waals surface area contributed by atoms with Gasteiger partial charge >= 0.3 is 0 Å². The van der Waals surface area contributed by atoms with E-state index in [9.17, 15) is 21.2 Å². The zero-order chi connectivity index (χ0) is 21.4. The SMILES string of the molecule is CC(C)(C)c1ccc(S(=O)(=O)N2CCN(S(=O)(=O)c3ccc(F)cc3)CC2)cc1. The lowest BCUT2D eigenvalue weighted by Gasteiger charge is -2.33. The number of hydrogen-bond donors (Lipinski definition) is 0. The van der Waals surface area contributed by atoms with Gasteiger partial charge in [-0.05, 0) is 47.4 Å². The highest BCUT2D eigenvalue weighted by atomic mass is 32.2. The molecule has 1 aliphatic rings. The van der Waals surface area contributed by atoms with E-state index in [4.69, 9.17) is 0 Å². The third kappa shape index (κ3) is 4.53. The summed E-state index contributed by atoms with van der Waals surface area (Å²) in [5, 5.41) is 0. The van der Waals surface area contributed by atoms with Gasteiger partial charge in [-0.25, -0.2) is 21.2 Å². The quantitative estimate of drug-likeness (QED) is 0.733. The molecule has 1 heterocycles. The molecule has 0 saturated carbocycles. The number of nitrogens with zero attached hydrogens (tertiary/aromatic N) is 2. The molecule has 1 aliphatic heterocycles. The van der Waals surface area contributed by atoms with Crippen LogP contribution >= 0.6 is 0 Å². The van der Waals surface area contributed by atoms with Crippen molar-refractivity contribution in [2.45, 2.75) is 36.0 Å². The van der Waals surface area contributed by atoms with Crippen LogP contribution in [0.4, 0.5) is 4.39 Å². The van der Waals surface area contributed by atoms with Gasteiger partial charge in [0.2, 0.25) is 20.0 Å². The van der Waals surface area contributed by atoms with E-state index in [0.29, 0.717) is 0 Å². The molecule has 2 aromatic carbocycles. The second-order valence-electron chi connectivity index (χ2n) is 8.04. The third-order valence-corrected chi connectivity index (χ3v) is 8.83. The standard InChI is InChI=1S/C20H25FN2O4S2/c1-20(2,3)16-4-8-18(9-5-16)28(24,25)22-12-14-23(15-13-22)29(26,27)19-10-6-17(21)7-11-19/h4-11H,12-15H2,1-3H3. The number of halogens is 1. The fourth-order valence-electron chi connectivity index (χ4n) is 3.18. The van der Waals surface area contributed by atoms with Crippen LogP contribution in [-0.2, 0) is 25.5 Å². The van der Waals surface area contributed by atoms with Gasteiger partial charge in [-0.15, -0.1) is 0 Å². The van der Waals surface area contributed by atoms with Crippen molar-refractivity contribution in [3.05, 3.63) is 59.9 Å². The largest absolute Gasteiger partial charge is 0.243 e. The van der Waals surface area contributed by atoms with Gasteiger partial charge in [-0.3, -0.25) is 0 Å². The minimum atomic E-state index is -3.79. The Bertz CT molecular complexity index is 1070. The van der Waals surface area contributed by atoms with E-state index in [1.54, 1.807) is 12.1 Å². The van der Waals surface area contributed by atoms with Crippen molar-refractivity contribution >= 4 is 20.0 Å². The summed E-state index contributed by atoms with van der Waals surface area (Å²) in [5.74, 6) is -0.516. The Morgan fingerprint density at radius 3 is 1.38 bits per heavy atom. The summed E-state index contributed by atoms with van der Waals surface area (Å²) in [5.41, 5.74) is 0.953. The van der Waals surface area contributed by atoms with Gasteiger partial charge in [0.15, 0.2) is 0 Å². The number of hydrogen-bond acceptors (Lipinski definition) is 4. The summed E-state index contributed by atoms with van der Waals surface area (Å²) in [7, 11) is -7.49. The third-order valence-electron chi connectivity index (χ3n) is 5.01. The van der Waals surface area contributed by atoms with E-state index in [1.807, 2.05) is 12.1 Å². The molecule has 6 nitrogen and oxygen atoms in total. The van der Waals surface area contributed by atoms with Gasteiger partial charge in [0, 0.05) is 26.2 Å². The Kier molecular flexibility index (Phi) is 5.88. The Balaban J connectivity index is 1.73. The molecule has 158 valence electrons. The molecule has 0 aliphatic carbocycles. The van der Waals surface area contributed by atoms with Gasteiger partial charge in [-0.1, -0.05) is 32.9 Å². The molecule has 3 rings (SSSR count). The molecule has 1 fully saturated rings. The zero-order valence-electron chi connectivity index (χ0n) is 16.7. The molecule has 29 heavy (non-hydrogen) atoms. The van der Waals surface area contributed by atoms with E-state index in [1.165, 1.54) is 20.7 Å². The van der Waals surface area contributed by atoms with Crippen LogP contribution in [0.25, 0.3) is 0 Å². The lowest BCUT2D eigenvalue weighted by molar-refractivity contribution is 0.273. The molecule has 9 heteroatoms. The van der Waals surface area contributed by atoms with Crippen LogP contribution in [0.5, 0.6) is 0 Å². The van der Waals surface area contributed by atoms with Crippen LogP contribution in [-0.4, -0.2) is 51.6 Å². The summed E-state index contributed by atoms with van der Waals surface area (Å²) < 4.78 is 66.8. The summed E-state index contributed by atoms with van der Waals surface area (Å²) in [4.78, 5) is 0.188. The van der Waals surface area contributed by atoms with Gasteiger partial charge in [0.1, 0.15) is 5.82 Å². The Hall–Kier alpha value is -1.81. The van der Waals surface area contributed by atoms with Crippen molar-refractivity contribution in [1.82, 2.24) is 8.61 Å². The topological polar surface area (TPSA) is 74.8 Å². The normalized spacial score (nSPS) is 17.4. The predicted molar refractivity (Wildman–Crippen MR) is 109 cm³/mol. The van der Waals surface area contributed by atoms with Crippen molar-refractivity contribution in [3.63, 3.8) is 0 Å². The molecule has 0 atom stereocenters. The highest BCUT2D eigenvalue weighted by Crippen LogP contribution is 2.26. The second-order valence-corrected chi connectivity index (χ2v) is 11.9. The molecule has 0 bridgehead atoms. The minimum Gasteiger partial charge on any atom is -0.207 e. The highest BCUT2D eigenvalue weighted by Gasteiger charge is 2.33. The average Bonchev–Trinajstić information content (AvgIpc) is 2.68. The van der Waals surface area contributed by atoms with Gasteiger partial charge in [0.05, 0.1) is 9.79 Å². The van der Waals surface area contributed by atoms with Crippen molar-refractivity contribution < 1.29 is 21.2 Å². The Morgan fingerprint density at radius 2 is 1.03 bits per heavy atom. The molecule has 0 N–H and O–H groups in total. The van der Waals surface area contributed by atoms with Crippen LogP contribution in [0.15, 0.2) is 58.3 Å². The fourth-order valence-corrected chi connectivity index (χ4v) is 6.03. The molecule has 0 spiro atoms. The van der Waals surface area contributed by atoms with E-state index >= 15 is 0 Å². The van der Waals surface area contributed by atoms with E-state index in [2.05, 4.69) is 20.8 Å². The van der Waals surface area contributed by atoms with Gasteiger partial charge in [0.25, 0.3) is 0 Å². The lowest BCUT2D eigenvalue weighted by atomic mass is 9.87. The number of benzene rings is 2. The molecule has 2 aromatic rings. The van der Waals surface area contributed by atoms with E-state index < -0.39 is 25.9 Å². The van der Waals surface area contributed by atoms with Crippen molar-refractivity contribution in [2.24, 2.45) is 0 Å². The first-order valence-electron chi connectivity index (χ1n) is 9.29. The molecule has 0 radical (unpaired) electrons. The van der Waals surface area contributed by atoms with Gasteiger partial charge < -0.3 is 0 Å². The van der Waals surface area contributed by atoms with Gasteiger partial charge in [-0.2, -0.15) is 8.61 Å². The maximum Gasteiger partial charge on any atom is 0.243 e. The van der Waals surface area contributed by atoms with E-state index in [0.717, 1.165) is 17.7 Å². The lowest BCUT2D eigenvalue weighted by Crippen LogP contribution is -2.50. The Labute approximate surface area is 172 Å². The molecule has 0 unspecified atom stereocenters. The first-order chi connectivity index (χ1) is 13.4. The Morgan fingerprint density at radius 1 is 0.690 bits per heavy atom. The van der Waals surface area contributed by atoms with E-state index in [-0.39, 0.29) is 41.4 Å². The van der Waals surface area contributed by atoms with Crippen LogP contribution in [0.2, 0.25) is 0 Å². The first-order valence-corrected chi connectivity index (χ1v) is 12.2. The number of sulfonamides is 2. The van der Waals surface area contributed by atoms with Crippen LogP contribution in [0, 0.1) is 5.82 Å². The minimum absolute atomic E-state index is 0.00650. The second kappa shape index (κ2) is 7.79. The molecule has 1 saturated heterocycles. The van der Waals surface area contributed by atoms with Crippen LogP contribution < -0.4 is 0 Å². The first kappa shape index (κ1) is 21.9. The van der Waals surface area contributed by atoms with Crippen molar-refractivity contribution in [1.29, 1.82) is 0 Å². The molecular weight excluding hydrogens is 415 g/mol.